The van der Waals surface area contributed by atoms with Crippen LogP contribution in [0.5, 0.6) is 0 Å². The molecule has 1 fully saturated rings. The van der Waals surface area contributed by atoms with Gasteiger partial charge in [0.2, 0.25) is 7.98 Å². The quantitative estimate of drug-likeness (QED) is 0.508. The molecule has 1 heterocycles. The van der Waals surface area contributed by atoms with Crippen molar-refractivity contribution in [2.75, 3.05) is 6.54 Å². The maximum atomic E-state index is 5.97. The molecule has 2 heteroatoms. The van der Waals surface area contributed by atoms with Crippen LogP contribution in [-0.2, 0) is 0 Å². The highest BCUT2D eigenvalue weighted by atomic mass is 15.1. The van der Waals surface area contributed by atoms with Crippen molar-refractivity contribution in [2.24, 2.45) is 11.3 Å². The molecule has 0 aromatic rings. The molecular weight excluding hydrogens is 157 g/mol. The molecule has 2 radical (unpaired) electrons. The summed E-state index contributed by atoms with van der Waals surface area (Å²) in [5, 5.41) is 0. The number of nitrogens with zero attached hydrogens (tertiary/aromatic N) is 1. The van der Waals surface area contributed by atoms with Crippen molar-refractivity contribution in [1.29, 1.82) is 0 Å². The Hall–Kier alpha value is -0.655. The first kappa shape index (κ1) is 8.92. The Balaban J connectivity index is 2.38. The average Bonchev–Trinajstić information content (AvgIpc) is 2.28. The normalized spacial score (nSPS) is 38.5. The van der Waals surface area contributed by atoms with E-state index >= 15 is 0 Å². The van der Waals surface area contributed by atoms with Crippen LogP contribution >= 0.6 is 0 Å². The summed E-state index contributed by atoms with van der Waals surface area (Å²) in [7, 11) is 5.97. The zero-order chi connectivity index (χ0) is 9.47. The fourth-order valence-corrected chi connectivity index (χ4v) is 2.47. The van der Waals surface area contributed by atoms with Crippen LogP contribution in [0.2, 0.25) is 0 Å². The summed E-state index contributed by atoms with van der Waals surface area (Å²) in [5.41, 5.74) is 1.62. The monoisotopic (exact) mass is 173 g/mol. The van der Waals surface area contributed by atoms with E-state index in [4.69, 9.17) is 7.98 Å². The van der Waals surface area contributed by atoms with E-state index in [0.29, 0.717) is 11.3 Å². The fraction of sp³-hybridized carbons (Fsp3) is 0.636. The minimum atomic E-state index is 0.304. The van der Waals surface area contributed by atoms with E-state index in [0.717, 1.165) is 6.54 Å². The predicted molar refractivity (Wildman–Crippen MR) is 56.2 cm³/mol. The van der Waals surface area contributed by atoms with E-state index < -0.39 is 0 Å². The van der Waals surface area contributed by atoms with Crippen LogP contribution < -0.4 is 0 Å². The molecule has 13 heavy (non-hydrogen) atoms. The smallest absolute Gasteiger partial charge is 0.226 e. The maximum Gasteiger partial charge on any atom is 0.226 e. The highest BCUT2D eigenvalue weighted by Gasteiger charge is 2.42. The zero-order valence-corrected chi connectivity index (χ0v) is 8.46. The topological polar surface area (TPSA) is 3.24 Å². The molecule has 1 aliphatic heterocycles. The van der Waals surface area contributed by atoms with Crippen LogP contribution in [0.4, 0.5) is 0 Å². The Bertz CT molecular complexity index is 269. The molecule has 0 aromatic carbocycles. The van der Waals surface area contributed by atoms with Gasteiger partial charge in [0.1, 0.15) is 0 Å². The molecule has 0 saturated carbocycles. The second-order valence-corrected chi connectivity index (χ2v) is 4.49. The van der Waals surface area contributed by atoms with Gasteiger partial charge in [0, 0.05) is 17.7 Å². The molecule has 2 aliphatic rings. The van der Waals surface area contributed by atoms with Gasteiger partial charge in [-0.2, -0.15) is 0 Å². The molecule has 1 saturated heterocycles. The summed E-state index contributed by atoms with van der Waals surface area (Å²) in [5.74, 6) is 0.670. The van der Waals surface area contributed by atoms with Crippen molar-refractivity contribution in [3.05, 3.63) is 23.9 Å². The molecular formula is C11H16BN. The van der Waals surface area contributed by atoms with E-state index in [1.807, 2.05) is 4.81 Å². The van der Waals surface area contributed by atoms with Gasteiger partial charge in [-0.3, -0.25) is 0 Å². The lowest BCUT2D eigenvalue weighted by Crippen LogP contribution is -2.22. The van der Waals surface area contributed by atoms with Gasteiger partial charge in [-0.1, -0.05) is 26.0 Å². The van der Waals surface area contributed by atoms with Gasteiger partial charge in [-0.15, -0.1) is 0 Å². The first-order valence-corrected chi connectivity index (χ1v) is 5.04. The summed E-state index contributed by atoms with van der Waals surface area (Å²) in [4.78, 5) is 1.92. The molecule has 0 spiro atoms. The van der Waals surface area contributed by atoms with Crippen LogP contribution in [0.25, 0.3) is 0 Å². The van der Waals surface area contributed by atoms with Crippen molar-refractivity contribution in [1.82, 2.24) is 4.81 Å². The lowest BCUT2D eigenvalue weighted by atomic mass is 9.75. The Morgan fingerprint density at radius 1 is 1.62 bits per heavy atom. The van der Waals surface area contributed by atoms with Gasteiger partial charge in [0.05, 0.1) is 0 Å². The lowest BCUT2D eigenvalue weighted by Gasteiger charge is -2.29. The Labute approximate surface area is 81.9 Å². The second kappa shape index (κ2) is 2.93. The average molecular weight is 173 g/mol. The van der Waals surface area contributed by atoms with Crippen LogP contribution in [0.15, 0.2) is 23.9 Å². The molecule has 0 N–H and O–H groups in total. The number of hydrogen-bond donors (Lipinski definition) is 0. The third-order valence-corrected chi connectivity index (χ3v) is 3.67. The van der Waals surface area contributed by atoms with Gasteiger partial charge >= 0.3 is 0 Å². The van der Waals surface area contributed by atoms with E-state index in [-0.39, 0.29) is 0 Å². The molecule has 1 aliphatic carbocycles. The van der Waals surface area contributed by atoms with Crippen molar-refractivity contribution in [3.8, 4) is 0 Å². The summed E-state index contributed by atoms with van der Waals surface area (Å²) >= 11 is 0. The third-order valence-electron chi connectivity index (χ3n) is 3.67. The fourth-order valence-electron chi connectivity index (χ4n) is 2.47. The molecule has 0 bridgehead atoms. The molecule has 0 amide bonds. The van der Waals surface area contributed by atoms with Crippen LogP contribution in [0, 0.1) is 11.3 Å². The van der Waals surface area contributed by atoms with Crippen molar-refractivity contribution in [2.45, 2.75) is 26.7 Å². The maximum absolute atomic E-state index is 5.97. The molecule has 0 aromatic heterocycles. The Kier molecular flexibility index (Phi) is 2.01. The summed E-state index contributed by atoms with van der Waals surface area (Å²) < 4.78 is 0. The summed E-state index contributed by atoms with van der Waals surface area (Å²) in [6, 6.07) is 0. The Morgan fingerprint density at radius 3 is 3.15 bits per heavy atom. The molecule has 68 valence electrons. The van der Waals surface area contributed by atoms with Crippen LogP contribution in [0.3, 0.4) is 0 Å². The summed E-state index contributed by atoms with van der Waals surface area (Å²) in [6.07, 6.45) is 8.95. The first-order chi connectivity index (χ1) is 6.14. The minimum absolute atomic E-state index is 0.304. The highest BCUT2D eigenvalue weighted by Crippen LogP contribution is 2.47. The Morgan fingerprint density at radius 2 is 2.38 bits per heavy atom. The van der Waals surface area contributed by atoms with Gasteiger partial charge in [0.15, 0.2) is 0 Å². The van der Waals surface area contributed by atoms with E-state index in [1.54, 1.807) is 0 Å². The SMILES string of the molecule is [B]N1CC(C)C2(C)CCC=CC=C12. The van der Waals surface area contributed by atoms with E-state index in [9.17, 15) is 0 Å². The predicted octanol–water partition coefficient (Wildman–Crippen LogP) is 2.26. The largest absolute Gasteiger partial charge is 0.427 e. The number of hydrogen-bond acceptors (Lipinski definition) is 1. The second-order valence-electron chi connectivity index (χ2n) is 4.49. The van der Waals surface area contributed by atoms with Crippen molar-refractivity contribution >= 4 is 7.98 Å². The third kappa shape index (κ3) is 1.23. The van der Waals surface area contributed by atoms with E-state index in [1.165, 1.54) is 18.5 Å². The highest BCUT2D eigenvalue weighted by molar-refractivity contribution is 6.06. The first-order valence-electron chi connectivity index (χ1n) is 5.04. The molecule has 2 rings (SSSR count). The van der Waals surface area contributed by atoms with Gasteiger partial charge in [0.25, 0.3) is 0 Å². The van der Waals surface area contributed by atoms with Gasteiger partial charge in [-0.05, 0) is 24.8 Å². The van der Waals surface area contributed by atoms with E-state index in [2.05, 4.69) is 32.1 Å². The number of rotatable bonds is 0. The van der Waals surface area contributed by atoms with Gasteiger partial charge < -0.3 is 4.81 Å². The van der Waals surface area contributed by atoms with Crippen LogP contribution in [-0.4, -0.2) is 19.3 Å². The van der Waals surface area contributed by atoms with Crippen molar-refractivity contribution in [3.63, 3.8) is 0 Å². The summed E-state index contributed by atoms with van der Waals surface area (Å²) in [6.45, 7) is 5.63. The molecule has 2 unspecified atom stereocenters. The molecule has 2 atom stereocenters. The van der Waals surface area contributed by atoms with Crippen LogP contribution in [0.1, 0.15) is 26.7 Å². The molecule has 1 nitrogen and oxygen atoms in total. The number of fused-ring (bicyclic) bond motifs is 1. The number of allylic oxidation sites excluding steroid dienone is 4. The minimum Gasteiger partial charge on any atom is -0.427 e. The van der Waals surface area contributed by atoms with Crippen molar-refractivity contribution < 1.29 is 0 Å². The lowest BCUT2D eigenvalue weighted by molar-refractivity contribution is 0.289. The standard InChI is InChI=1S/C11H16BN/c1-9-8-13(12)10-6-4-3-5-7-11(9,10)2/h3-4,6,9H,5,7-8H2,1-2H3. The zero-order valence-electron chi connectivity index (χ0n) is 8.46. The van der Waals surface area contributed by atoms with Gasteiger partial charge in [-0.25, -0.2) is 0 Å².